The highest BCUT2D eigenvalue weighted by Gasteiger charge is 2.14. The standard InChI is InChI=1S/C19H24N2O4S/c1-21(26(2,23)24)13-19(22)20-12-17-9-6-10-18(11-17)15-25-14-16-7-4-3-5-8-16/h3-11H,12-15H2,1-2H3,(H,20,22). The first kappa shape index (κ1) is 20.1. The van der Waals surface area contributed by atoms with E-state index >= 15 is 0 Å². The van der Waals surface area contributed by atoms with Crippen molar-refractivity contribution in [1.29, 1.82) is 0 Å². The van der Waals surface area contributed by atoms with E-state index in [0.717, 1.165) is 27.3 Å². The van der Waals surface area contributed by atoms with Crippen LogP contribution in [0.15, 0.2) is 54.6 Å². The maximum Gasteiger partial charge on any atom is 0.235 e. The van der Waals surface area contributed by atoms with Gasteiger partial charge in [-0.3, -0.25) is 4.79 Å². The van der Waals surface area contributed by atoms with Crippen LogP contribution in [0.3, 0.4) is 0 Å². The third-order valence-electron chi connectivity index (χ3n) is 3.79. The number of ether oxygens (including phenoxy) is 1. The lowest BCUT2D eigenvalue weighted by Gasteiger charge is -2.14. The van der Waals surface area contributed by atoms with Gasteiger partial charge in [-0.2, -0.15) is 4.31 Å². The maximum absolute atomic E-state index is 11.8. The van der Waals surface area contributed by atoms with Crippen LogP contribution in [-0.4, -0.2) is 38.5 Å². The van der Waals surface area contributed by atoms with Gasteiger partial charge < -0.3 is 10.1 Å². The molecule has 2 aromatic carbocycles. The fourth-order valence-electron chi connectivity index (χ4n) is 2.27. The summed E-state index contributed by atoms with van der Waals surface area (Å²) in [4.78, 5) is 11.8. The topological polar surface area (TPSA) is 75.7 Å². The molecule has 0 radical (unpaired) electrons. The Bertz CT molecular complexity index is 822. The van der Waals surface area contributed by atoms with Gasteiger partial charge in [0.25, 0.3) is 0 Å². The minimum atomic E-state index is -3.36. The van der Waals surface area contributed by atoms with Gasteiger partial charge >= 0.3 is 0 Å². The Morgan fingerprint density at radius 2 is 1.62 bits per heavy atom. The number of nitrogens with zero attached hydrogens (tertiary/aromatic N) is 1. The normalized spacial score (nSPS) is 11.5. The lowest BCUT2D eigenvalue weighted by molar-refractivity contribution is -0.121. The molecule has 0 spiro atoms. The van der Waals surface area contributed by atoms with E-state index in [1.54, 1.807) is 0 Å². The second-order valence-corrected chi connectivity index (χ2v) is 8.18. The number of hydrogen-bond donors (Lipinski definition) is 1. The first-order chi connectivity index (χ1) is 12.3. The molecule has 0 unspecified atom stereocenters. The van der Waals surface area contributed by atoms with E-state index in [1.807, 2.05) is 54.6 Å². The number of rotatable bonds is 9. The van der Waals surface area contributed by atoms with Crippen LogP contribution in [0.2, 0.25) is 0 Å². The van der Waals surface area contributed by atoms with Gasteiger partial charge in [0, 0.05) is 13.6 Å². The highest BCUT2D eigenvalue weighted by molar-refractivity contribution is 7.88. The molecule has 2 rings (SSSR count). The quantitative estimate of drug-likeness (QED) is 0.725. The SMILES string of the molecule is CN(CC(=O)NCc1cccc(COCc2ccccc2)c1)S(C)(=O)=O. The molecule has 7 heteroatoms. The van der Waals surface area contributed by atoms with Crippen LogP contribution in [-0.2, 0) is 39.3 Å². The molecule has 0 fully saturated rings. The van der Waals surface area contributed by atoms with Gasteiger partial charge in [0.2, 0.25) is 15.9 Å². The largest absolute Gasteiger partial charge is 0.372 e. The molecule has 26 heavy (non-hydrogen) atoms. The van der Waals surface area contributed by atoms with E-state index in [2.05, 4.69) is 5.32 Å². The van der Waals surface area contributed by atoms with Gasteiger partial charge in [-0.25, -0.2) is 8.42 Å². The van der Waals surface area contributed by atoms with Crippen molar-refractivity contribution < 1.29 is 17.9 Å². The molecule has 140 valence electrons. The number of benzene rings is 2. The lowest BCUT2D eigenvalue weighted by Crippen LogP contribution is -2.37. The number of carbonyl (C=O) groups is 1. The molecule has 0 bridgehead atoms. The summed E-state index contributed by atoms with van der Waals surface area (Å²) in [6.45, 7) is 1.16. The first-order valence-corrected chi connectivity index (χ1v) is 10.1. The number of likely N-dealkylation sites (N-methyl/N-ethyl adjacent to an activating group) is 1. The van der Waals surface area contributed by atoms with Gasteiger partial charge in [0.05, 0.1) is 26.0 Å². The summed E-state index contributed by atoms with van der Waals surface area (Å²) in [6, 6.07) is 17.7. The van der Waals surface area contributed by atoms with Crippen molar-refractivity contribution in [3.8, 4) is 0 Å². The molecule has 0 aliphatic heterocycles. The number of nitrogens with one attached hydrogen (secondary N) is 1. The summed E-state index contributed by atoms with van der Waals surface area (Å²) >= 11 is 0. The van der Waals surface area contributed by atoms with Crippen molar-refractivity contribution >= 4 is 15.9 Å². The Labute approximate surface area is 154 Å². The van der Waals surface area contributed by atoms with Crippen LogP contribution in [0, 0.1) is 0 Å². The Kier molecular flexibility index (Phi) is 7.32. The zero-order valence-corrected chi connectivity index (χ0v) is 15.8. The van der Waals surface area contributed by atoms with E-state index < -0.39 is 10.0 Å². The van der Waals surface area contributed by atoms with Crippen LogP contribution in [0.5, 0.6) is 0 Å². The first-order valence-electron chi connectivity index (χ1n) is 8.22. The fourth-order valence-corrected chi connectivity index (χ4v) is 2.62. The molecule has 6 nitrogen and oxygen atoms in total. The number of hydrogen-bond acceptors (Lipinski definition) is 4. The second kappa shape index (κ2) is 9.47. The van der Waals surface area contributed by atoms with E-state index in [1.165, 1.54) is 7.05 Å². The molecule has 0 saturated carbocycles. The summed E-state index contributed by atoms with van der Waals surface area (Å²) in [5, 5.41) is 2.73. The Balaban J connectivity index is 1.80. The lowest BCUT2D eigenvalue weighted by atomic mass is 10.1. The van der Waals surface area contributed by atoms with Crippen LogP contribution < -0.4 is 5.32 Å². The summed E-state index contributed by atoms with van der Waals surface area (Å²) in [6.07, 6.45) is 1.07. The third-order valence-corrected chi connectivity index (χ3v) is 5.06. The molecule has 1 amide bonds. The van der Waals surface area contributed by atoms with Gasteiger partial charge in [-0.05, 0) is 16.7 Å². The monoisotopic (exact) mass is 376 g/mol. The molecule has 0 heterocycles. The minimum Gasteiger partial charge on any atom is -0.372 e. The molecule has 1 N–H and O–H groups in total. The van der Waals surface area contributed by atoms with Gasteiger partial charge in [0.15, 0.2) is 0 Å². The van der Waals surface area contributed by atoms with Crippen LogP contribution >= 0.6 is 0 Å². The van der Waals surface area contributed by atoms with E-state index in [4.69, 9.17) is 4.74 Å². The van der Waals surface area contributed by atoms with Crippen LogP contribution in [0.4, 0.5) is 0 Å². The zero-order valence-electron chi connectivity index (χ0n) is 15.0. The van der Waals surface area contributed by atoms with Crippen LogP contribution in [0.25, 0.3) is 0 Å². The Morgan fingerprint density at radius 3 is 2.31 bits per heavy atom. The average molecular weight is 376 g/mol. The Hall–Kier alpha value is -2.22. The molecule has 0 saturated heterocycles. The fraction of sp³-hybridized carbons (Fsp3) is 0.316. The highest BCUT2D eigenvalue weighted by Crippen LogP contribution is 2.09. The number of sulfonamides is 1. The summed E-state index contributed by atoms with van der Waals surface area (Å²) in [5.74, 6) is -0.344. The number of carbonyl (C=O) groups excluding carboxylic acids is 1. The second-order valence-electron chi connectivity index (χ2n) is 6.09. The highest BCUT2D eigenvalue weighted by atomic mass is 32.2. The van der Waals surface area contributed by atoms with Crippen molar-refractivity contribution in [1.82, 2.24) is 9.62 Å². The molecular formula is C19H24N2O4S. The average Bonchev–Trinajstić information content (AvgIpc) is 2.60. The number of amides is 1. The van der Waals surface area contributed by atoms with Gasteiger partial charge in [-0.15, -0.1) is 0 Å². The smallest absolute Gasteiger partial charge is 0.235 e. The zero-order chi connectivity index (χ0) is 19.0. The summed E-state index contributed by atoms with van der Waals surface area (Å²) in [5.41, 5.74) is 3.06. The van der Waals surface area contributed by atoms with E-state index in [9.17, 15) is 13.2 Å². The Morgan fingerprint density at radius 1 is 1.00 bits per heavy atom. The predicted molar refractivity (Wildman–Crippen MR) is 101 cm³/mol. The van der Waals surface area contributed by atoms with Gasteiger partial charge in [0.1, 0.15) is 0 Å². The minimum absolute atomic E-state index is 0.196. The van der Waals surface area contributed by atoms with E-state index in [0.29, 0.717) is 19.8 Å². The van der Waals surface area contributed by atoms with Crippen molar-refractivity contribution in [2.75, 3.05) is 19.8 Å². The molecule has 0 aliphatic carbocycles. The maximum atomic E-state index is 11.8. The summed E-state index contributed by atoms with van der Waals surface area (Å²) in [7, 11) is -1.99. The van der Waals surface area contributed by atoms with Crippen LogP contribution in [0.1, 0.15) is 16.7 Å². The van der Waals surface area contributed by atoms with Gasteiger partial charge in [-0.1, -0.05) is 54.6 Å². The van der Waals surface area contributed by atoms with Crippen molar-refractivity contribution in [3.63, 3.8) is 0 Å². The molecular weight excluding hydrogens is 352 g/mol. The molecule has 2 aromatic rings. The predicted octanol–water partition coefficient (Wildman–Crippen LogP) is 1.91. The van der Waals surface area contributed by atoms with Crippen molar-refractivity contribution in [3.05, 3.63) is 71.3 Å². The van der Waals surface area contributed by atoms with Crippen molar-refractivity contribution in [2.24, 2.45) is 0 Å². The molecule has 0 atom stereocenters. The molecule has 0 aliphatic rings. The summed E-state index contributed by atoms with van der Waals surface area (Å²) < 4.78 is 29.4. The molecule has 0 aromatic heterocycles. The van der Waals surface area contributed by atoms with E-state index in [-0.39, 0.29) is 12.5 Å². The van der Waals surface area contributed by atoms with Crippen molar-refractivity contribution in [2.45, 2.75) is 19.8 Å². The third kappa shape index (κ3) is 6.95.